The van der Waals surface area contributed by atoms with E-state index in [4.69, 9.17) is 4.52 Å². The molecule has 1 saturated carbocycles. The van der Waals surface area contributed by atoms with E-state index >= 15 is 0 Å². The molecule has 120 valence electrons. The molecule has 0 spiro atoms. The van der Waals surface area contributed by atoms with Crippen LogP contribution in [-0.2, 0) is 13.1 Å². The Morgan fingerprint density at radius 3 is 2.67 bits per heavy atom. The van der Waals surface area contributed by atoms with E-state index in [0.717, 1.165) is 44.1 Å². The van der Waals surface area contributed by atoms with E-state index in [2.05, 4.69) is 54.4 Å². The van der Waals surface area contributed by atoms with Crippen LogP contribution in [0.5, 0.6) is 0 Å². The summed E-state index contributed by atoms with van der Waals surface area (Å²) >= 11 is 0. The molecular formula is C16H30N4O. The van der Waals surface area contributed by atoms with Crippen LogP contribution in [0.1, 0.15) is 44.1 Å². The lowest BCUT2D eigenvalue weighted by atomic mass is 9.75. The molecule has 2 rings (SSSR count). The lowest BCUT2D eigenvalue weighted by molar-refractivity contribution is 0.0239. The molecule has 0 radical (unpaired) electrons. The molecule has 1 aromatic heterocycles. The summed E-state index contributed by atoms with van der Waals surface area (Å²) in [6.45, 7) is 5.90. The van der Waals surface area contributed by atoms with Gasteiger partial charge >= 0.3 is 0 Å². The van der Waals surface area contributed by atoms with Gasteiger partial charge in [-0.3, -0.25) is 4.90 Å². The predicted octanol–water partition coefficient (Wildman–Crippen LogP) is 2.09. The largest absolute Gasteiger partial charge is 0.360 e. The van der Waals surface area contributed by atoms with Crippen molar-refractivity contribution >= 4 is 0 Å². The highest BCUT2D eigenvalue weighted by Crippen LogP contribution is 2.36. The Hall–Kier alpha value is -0.910. The molecule has 1 heterocycles. The first-order chi connectivity index (χ1) is 10.1. The van der Waals surface area contributed by atoms with E-state index in [-0.39, 0.29) is 0 Å². The van der Waals surface area contributed by atoms with Crippen molar-refractivity contribution in [3.63, 3.8) is 0 Å². The molecule has 0 aliphatic heterocycles. The molecule has 0 amide bonds. The number of hydrogen-bond acceptors (Lipinski definition) is 5. The third-order valence-corrected chi connectivity index (χ3v) is 4.56. The van der Waals surface area contributed by atoms with Gasteiger partial charge in [-0.15, -0.1) is 0 Å². The Morgan fingerprint density at radius 2 is 2.10 bits per heavy atom. The molecule has 0 unspecified atom stereocenters. The minimum absolute atomic E-state index is 0.361. The quantitative estimate of drug-likeness (QED) is 0.707. The van der Waals surface area contributed by atoms with E-state index in [1.807, 2.05) is 0 Å². The van der Waals surface area contributed by atoms with Crippen LogP contribution >= 0.6 is 0 Å². The monoisotopic (exact) mass is 294 g/mol. The van der Waals surface area contributed by atoms with E-state index in [1.165, 1.54) is 19.3 Å². The fourth-order valence-electron chi connectivity index (χ4n) is 3.06. The third kappa shape index (κ3) is 4.28. The molecule has 1 aliphatic carbocycles. The number of rotatable bonds is 9. The molecule has 5 heteroatoms. The summed E-state index contributed by atoms with van der Waals surface area (Å²) < 4.78 is 5.45. The van der Waals surface area contributed by atoms with Crippen molar-refractivity contribution in [1.82, 2.24) is 20.3 Å². The first-order valence-corrected chi connectivity index (χ1v) is 8.07. The SMILES string of the molecule is CCCNCc1cc(CN(C)CC2(N(C)C)CCC2)on1. The van der Waals surface area contributed by atoms with Crippen LogP contribution in [0.2, 0.25) is 0 Å². The van der Waals surface area contributed by atoms with Crippen LogP contribution < -0.4 is 5.32 Å². The third-order valence-electron chi connectivity index (χ3n) is 4.56. The topological polar surface area (TPSA) is 44.5 Å². The molecule has 0 aromatic carbocycles. The first kappa shape index (κ1) is 16.5. The van der Waals surface area contributed by atoms with Crippen molar-refractivity contribution in [1.29, 1.82) is 0 Å². The van der Waals surface area contributed by atoms with Gasteiger partial charge in [-0.25, -0.2) is 0 Å². The van der Waals surface area contributed by atoms with Gasteiger partial charge in [0.25, 0.3) is 0 Å². The van der Waals surface area contributed by atoms with Crippen molar-refractivity contribution in [3.8, 4) is 0 Å². The van der Waals surface area contributed by atoms with Gasteiger partial charge in [0.1, 0.15) is 0 Å². The second-order valence-corrected chi connectivity index (χ2v) is 6.61. The zero-order valence-electron chi connectivity index (χ0n) is 14.0. The second-order valence-electron chi connectivity index (χ2n) is 6.61. The van der Waals surface area contributed by atoms with Gasteiger partial charge in [0.05, 0.1) is 12.2 Å². The van der Waals surface area contributed by atoms with Gasteiger partial charge in [0.2, 0.25) is 0 Å². The Bertz CT molecular complexity index is 426. The normalized spacial score (nSPS) is 17.4. The van der Waals surface area contributed by atoms with Crippen LogP contribution in [0.3, 0.4) is 0 Å². The molecule has 1 aliphatic rings. The van der Waals surface area contributed by atoms with Crippen LogP contribution in [0.25, 0.3) is 0 Å². The molecule has 0 atom stereocenters. The summed E-state index contributed by atoms with van der Waals surface area (Å²) in [6.07, 6.45) is 5.08. The number of likely N-dealkylation sites (N-methyl/N-ethyl adjacent to an activating group) is 2. The van der Waals surface area contributed by atoms with Crippen molar-refractivity contribution in [2.45, 2.75) is 51.2 Å². The molecule has 1 aromatic rings. The minimum atomic E-state index is 0.361. The average Bonchev–Trinajstić information content (AvgIpc) is 2.81. The van der Waals surface area contributed by atoms with Crippen molar-refractivity contribution in [3.05, 3.63) is 17.5 Å². The maximum Gasteiger partial charge on any atom is 0.151 e. The van der Waals surface area contributed by atoms with E-state index in [1.54, 1.807) is 0 Å². The van der Waals surface area contributed by atoms with Gasteiger partial charge < -0.3 is 14.7 Å². The smallest absolute Gasteiger partial charge is 0.151 e. The van der Waals surface area contributed by atoms with E-state index in [9.17, 15) is 0 Å². The zero-order chi connectivity index (χ0) is 15.3. The first-order valence-electron chi connectivity index (χ1n) is 8.07. The fourth-order valence-corrected chi connectivity index (χ4v) is 3.06. The van der Waals surface area contributed by atoms with E-state index in [0.29, 0.717) is 5.54 Å². The summed E-state index contributed by atoms with van der Waals surface area (Å²) in [5.74, 6) is 0.957. The van der Waals surface area contributed by atoms with Crippen molar-refractivity contribution < 1.29 is 4.52 Å². The Kier molecular flexibility index (Phi) is 5.79. The zero-order valence-corrected chi connectivity index (χ0v) is 14.0. The standard InChI is InChI=1S/C16H30N4O/c1-5-9-17-11-14-10-15(21-18-14)12-20(4)13-16(19(2)3)7-6-8-16/h10,17H,5-9,11-13H2,1-4H3. The number of nitrogens with zero attached hydrogens (tertiary/aromatic N) is 3. The molecule has 21 heavy (non-hydrogen) atoms. The molecule has 0 saturated heterocycles. The molecule has 1 fully saturated rings. The average molecular weight is 294 g/mol. The minimum Gasteiger partial charge on any atom is -0.360 e. The summed E-state index contributed by atoms with van der Waals surface area (Å²) in [6, 6.07) is 2.07. The predicted molar refractivity (Wildman–Crippen MR) is 85.1 cm³/mol. The van der Waals surface area contributed by atoms with Crippen LogP contribution in [0.4, 0.5) is 0 Å². The summed E-state index contributed by atoms with van der Waals surface area (Å²) in [5, 5.41) is 7.48. The van der Waals surface area contributed by atoms with Crippen molar-refractivity contribution in [2.75, 3.05) is 34.2 Å². The molecular weight excluding hydrogens is 264 g/mol. The van der Waals surface area contributed by atoms with Gasteiger partial charge in [-0.05, 0) is 53.4 Å². The van der Waals surface area contributed by atoms with Gasteiger partial charge in [0.15, 0.2) is 5.76 Å². The highest BCUT2D eigenvalue weighted by Gasteiger charge is 2.39. The van der Waals surface area contributed by atoms with Gasteiger partial charge in [-0.1, -0.05) is 12.1 Å². The molecule has 1 N–H and O–H groups in total. The summed E-state index contributed by atoms with van der Waals surface area (Å²) in [5.41, 5.74) is 1.36. The van der Waals surface area contributed by atoms with Crippen LogP contribution in [-0.4, -0.2) is 54.7 Å². The lowest BCUT2D eigenvalue weighted by Crippen LogP contribution is -2.56. The van der Waals surface area contributed by atoms with E-state index < -0.39 is 0 Å². The molecule has 5 nitrogen and oxygen atoms in total. The van der Waals surface area contributed by atoms with Crippen LogP contribution in [0, 0.1) is 0 Å². The van der Waals surface area contributed by atoms with Crippen LogP contribution in [0.15, 0.2) is 10.6 Å². The van der Waals surface area contributed by atoms with Gasteiger partial charge in [0, 0.05) is 24.7 Å². The highest BCUT2D eigenvalue weighted by molar-refractivity contribution is 5.06. The number of hydrogen-bond donors (Lipinski definition) is 1. The van der Waals surface area contributed by atoms with Gasteiger partial charge in [-0.2, -0.15) is 0 Å². The lowest BCUT2D eigenvalue weighted by Gasteiger charge is -2.49. The highest BCUT2D eigenvalue weighted by atomic mass is 16.5. The number of aromatic nitrogens is 1. The Morgan fingerprint density at radius 1 is 1.33 bits per heavy atom. The summed E-state index contributed by atoms with van der Waals surface area (Å²) in [4.78, 5) is 4.73. The number of nitrogens with one attached hydrogen (secondary N) is 1. The Balaban J connectivity index is 1.81. The molecule has 0 bridgehead atoms. The fraction of sp³-hybridized carbons (Fsp3) is 0.812. The van der Waals surface area contributed by atoms with Crippen molar-refractivity contribution in [2.24, 2.45) is 0 Å². The maximum absolute atomic E-state index is 5.45. The maximum atomic E-state index is 5.45. The second kappa shape index (κ2) is 7.38. The summed E-state index contributed by atoms with van der Waals surface area (Å²) in [7, 11) is 6.55. The Labute approximate surface area is 128 Å².